The Kier molecular flexibility index (Phi) is 10.6. The van der Waals surface area contributed by atoms with Crippen molar-refractivity contribution in [2.75, 3.05) is 0 Å². The summed E-state index contributed by atoms with van der Waals surface area (Å²) in [5, 5.41) is 0. The van der Waals surface area contributed by atoms with Crippen molar-refractivity contribution in [3.63, 3.8) is 0 Å². The van der Waals surface area contributed by atoms with Crippen LogP contribution in [0.15, 0.2) is 0 Å². The highest BCUT2D eigenvalue weighted by atomic mass is 14.4. The Bertz CT molecular complexity index is 429. The van der Waals surface area contributed by atoms with E-state index in [1.165, 1.54) is 51.4 Å². The van der Waals surface area contributed by atoms with Crippen molar-refractivity contribution in [1.29, 1.82) is 0 Å². The van der Waals surface area contributed by atoms with Crippen LogP contribution in [-0.2, 0) is 0 Å². The SMILES string of the molecule is CCCCCC1CCC(C(C)C2CCC(C(C)C3CCC(CCC)CC3)CC2)CC1. The molecule has 0 aromatic heterocycles. The summed E-state index contributed by atoms with van der Waals surface area (Å²) in [5.41, 5.74) is 0. The second-order valence-corrected chi connectivity index (χ2v) is 12.2. The largest absolute Gasteiger partial charge is 0.0654 e. The van der Waals surface area contributed by atoms with E-state index < -0.39 is 0 Å². The van der Waals surface area contributed by atoms with Gasteiger partial charge in [-0.1, -0.05) is 91.9 Å². The van der Waals surface area contributed by atoms with Crippen molar-refractivity contribution in [3.8, 4) is 0 Å². The standard InChI is InChI=1S/C30H56/c1-5-7-8-10-26-13-17-28(18-14-26)24(4)30-21-19-29(20-22-30)23(3)27-15-11-25(9-6-2)12-16-27/h23-30H,5-22H2,1-4H3. The quantitative estimate of drug-likeness (QED) is 0.311. The van der Waals surface area contributed by atoms with Crippen molar-refractivity contribution in [1.82, 2.24) is 0 Å². The van der Waals surface area contributed by atoms with Crippen LogP contribution in [0.1, 0.15) is 143 Å². The van der Waals surface area contributed by atoms with Crippen LogP contribution in [0.2, 0.25) is 0 Å². The van der Waals surface area contributed by atoms with Crippen LogP contribution >= 0.6 is 0 Å². The molecule has 176 valence electrons. The zero-order valence-electron chi connectivity index (χ0n) is 21.3. The summed E-state index contributed by atoms with van der Waals surface area (Å²) in [6, 6.07) is 0. The van der Waals surface area contributed by atoms with Crippen LogP contribution in [0.4, 0.5) is 0 Å². The van der Waals surface area contributed by atoms with E-state index in [0.29, 0.717) is 0 Å². The molecule has 0 saturated heterocycles. The molecule has 3 aliphatic carbocycles. The topological polar surface area (TPSA) is 0 Å². The van der Waals surface area contributed by atoms with Crippen LogP contribution in [0.3, 0.4) is 0 Å². The Morgan fingerprint density at radius 3 is 1.20 bits per heavy atom. The van der Waals surface area contributed by atoms with E-state index in [2.05, 4.69) is 27.7 Å². The monoisotopic (exact) mass is 416 g/mol. The van der Waals surface area contributed by atoms with Crippen LogP contribution in [0.5, 0.6) is 0 Å². The molecule has 0 heteroatoms. The lowest BCUT2D eigenvalue weighted by Crippen LogP contribution is -2.32. The van der Waals surface area contributed by atoms with Crippen molar-refractivity contribution in [2.24, 2.45) is 47.3 Å². The predicted molar refractivity (Wildman–Crippen MR) is 134 cm³/mol. The Labute approximate surface area is 190 Å². The first-order chi connectivity index (χ1) is 14.6. The molecule has 3 aliphatic rings. The van der Waals surface area contributed by atoms with Gasteiger partial charge < -0.3 is 0 Å². The van der Waals surface area contributed by atoms with Gasteiger partial charge in [-0.05, 0) is 98.7 Å². The molecule has 2 atom stereocenters. The van der Waals surface area contributed by atoms with Gasteiger partial charge in [-0.3, -0.25) is 0 Å². The van der Waals surface area contributed by atoms with Gasteiger partial charge >= 0.3 is 0 Å². The molecule has 30 heavy (non-hydrogen) atoms. The first-order valence-corrected chi connectivity index (χ1v) is 14.6. The van der Waals surface area contributed by atoms with Crippen LogP contribution < -0.4 is 0 Å². The van der Waals surface area contributed by atoms with Gasteiger partial charge in [0.2, 0.25) is 0 Å². The van der Waals surface area contributed by atoms with Gasteiger partial charge in [0.1, 0.15) is 0 Å². The molecule has 0 aromatic carbocycles. The zero-order valence-corrected chi connectivity index (χ0v) is 21.3. The highest BCUT2D eigenvalue weighted by Gasteiger charge is 2.35. The average Bonchev–Trinajstić information content (AvgIpc) is 2.80. The number of rotatable bonds is 10. The van der Waals surface area contributed by atoms with Gasteiger partial charge in [0, 0.05) is 0 Å². The summed E-state index contributed by atoms with van der Waals surface area (Å²) in [6.45, 7) is 9.99. The summed E-state index contributed by atoms with van der Waals surface area (Å²) >= 11 is 0. The summed E-state index contributed by atoms with van der Waals surface area (Å²) in [5.74, 6) is 8.36. The molecule has 0 amide bonds. The summed E-state index contributed by atoms with van der Waals surface area (Å²) < 4.78 is 0. The Morgan fingerprint density at radius 1 is 0.467 bits per heavy atom. The molecular formula is C30H56. The van der Waals surface area contributed by atoms with Crippen LogP contribution in [0.25, 0.3) is 0 Å². The maximum atomic E-state index is 2.64. The Balaban J connectivity index is 1.35. The van der Waals surface area contributed by atoms with Gasteiger partial charge in [0.25, 0.3) is 0 Å². The molecule has 2 unspecified atom stereocenters. The van der Waals surface area contributed by atoms with Crippen molar-refractivity contribution < 1.29 is 0 Å². The third kappa shape index (κ3) is 7.00. The predicted octanol–water partition coefficient (Wildman–Crippen LogP) is 10.1. The van der Waals surface area contributed by atoms with Crippen molar-refractivity contribution in [3.05, 3.63) is 0 Å². The van der Waals surface area contributed by atoms with E-state index in [4.69, 9.17) is 0 Å². The summed E-state index contributed by atoms with van der Waals surface area (Å²) in [6.07, 6.45) is 27.3. The molecule has 0 spiro atoms. The second kappa shape index (κ2) is 12.9. The number of unbranched alkanes of at least 4 members (excludes halogenated alkanes) is 2. The molecule has 0 aromatic rings. The van der Waals surface area contributed by atoms with Crippen LogP contribution in [-0.4, -0.2) is 0 Å². The van der Waals surface area contributed by atoms with E-state index in [1.54, 1.807) is 64.2 Å². The van der Waals surface area contributed by atoms with E-state index in [1.807, 2.05) is 0 Å². The summed E-state index contributed by atoms with van der Waals surface area (Å²) in [4.78, 5) is 0. The third-order valence-corrected chi connectivity index (χ3v) is 10.5. The molecule has 0 heterocycles. The highest BCUT2D eigenvalue weighted by molar-refractivity contribution is 4.86. The molecule has 0 aliphatic heterocycles. The van der Waals surface area contributed by atoms with Crippen molar-refractivity contribution in [2.45, 2.75) is 143 Å². The number of hydrogen-bond donors (Lipinski definition) is 0. The maximum absolute atomic E-state index is 2.64. The van der Waals surface area contributed by atoms with Crippen LogP contribution in [0, 0.1) is 47.3 Å². The zero-order chi connectivity index (χ0) is 21.3. The van der Waals surface area contributed by atoms with E-state index in [0.717, 1.165) is 47.3 Å². The minimum atomic E-state index is 1.00. The van der Waals surface area contributed by atoms with Gasteiger partial charge in [-0.25, -0.2) is 0 Å². The first kappa shape index (κ1) is 24.6. The molecule has 3 saturated carbocycles. The fraction of sp³-hybridized carbons (Fsp3) is 1.00. The lowest BCUT2D eigenvalue weighted by Gasteiger charge is -2.42. The van der Waals surface area contributed by atoms with Gasteiger partial charge in [-0.15, -0.1) is 0 Å². The summed E-state index contributed by atoms with van der Waals surface area (Å²) in [7, 11) is 0. The molecule has 0 radical (unpaired) electrons. The van der Waals surface area contributed by atoms with Gasteiger partial charge in [0.05, 0.1) is 0 Å². The molecular weight excluding hydrogens is 360 g/mol. The first-order valence-electron chi connectivity index (χ1n) is 14.6. The molecule has 0 bridgehead atoms. The number of hydrogen-bond acceptors (Lipinski definition) is 0. The molecule has 3 fully saturated rings. The molecule has 3 rings (SSSR count). The van der Waals surface area contributed by atoms with E-state index in [-0.39, 0.29) is 0 Å². The minimum absolute atomic E-state index is 1.00. The average molecular weight is 417 g/mol. The lowest BCUT2D eigenvalue weighted by molar-refractivity contribution is 0.0852. The van der Waals surface area contributed by atoms with E-state index >= 15 is 0 Å². The fourth-order valence-corrected chi connectivity index (χ4v) is 8.06. The highest BCUT2D eigenvalue weighted by Crippen LogP contribution is 2.46. The van der Waals surface area contributed by atoms with Gasteiger partial charge in [-0.2, -0.15) is 0 Å². The maximum Gasteiger partial charge on any atom is -0.0386 e. The molecule has 0 nitrogen and oxygen atoms in total. The minimum Gasteiger partial charge on any atom is -0.0654 e. The van der Waals surface area contributed by atoms with Crippen molar-refractivity contribution >= 4 is 0 Å². The van der Waals surface area contributed by atoms with Gasteiger partial charge in [0.15, 0.2) is 0 Å². The Hall–Kier alpha value is 0. The normalized spacial score (nSPS) is 37.6. The third-order valence-electron chi connectivity index (χ3n) is 10.5. The van der Waals surface area contributed by atoms with E-state index in [9.17, 15) is 0 Å². The second-order valence-electron chi connectivity index (χ2n) is 12.2. The lowest BCUT2D eigenvalue weighted by atomic mass is 9.63. The fourth-order valence-electron chi connectivity index (χ4n) is 8.06. The Morgan fingerprint density at radius 2 is 0.833 bits per heavy atom. The molecule has 0 N–H and O–H groups in total. The smallest absolute Gasteiger partial charge is 0.0386 e.